The zero-order valence-electron chi connectivity index (χ0n) is 13.6. The fraction of sp³-hybridized carbons (Fsp3) is 0.706. The standard InChI is InChI=1S/C17H28N2O2/c1-13(2)18-12-15-11-14-7-4-5-8-16(14)19(17(15)20)9-6-10-21-3/h11,13,18H,4-10,12H2,1-3H3. The zero-order chi connectivity index (χ0) is 15.2. The van der Waals surface area contributed by atoms with Crippen LogP contribution in [0.4, 0.5) is 0 Å². The first-order chi connectivity index (χ1) is 10.1. The van der Waals surface area contributed by atoms with Gasteiger partial charge in [0.25, 0.3) is 5.56 Å². The molecule has 0 fully saturated rings. The molecule has 2 rings (SSSR count). The van der Waals surface area contributed by atoms with Crippen molar-refractivity contribution in [1.29, 1.82) is 0 Å². The molecule has 0 saturated carbocycles. The van der Waals surface area contributed by atoms with Gasteiger partial charge in [0.2, 0.25) is 0 Å². The minimum atomic E-state index is 0.180. The average molecular weight is 292 g/mol. The largest absolute Gasteiger partial charge is 0.385 e. The van der Waals surface area contributed by atoms with Crippen LogP contribution in [0.15, 0.2) is 10.9 Å². The van der Waals surface area contributed by atoms with E-state index in [1.54, 1.807) is 7.11 Å². The fourth-order valence-corrected chi connectivity index (χ4v) is 2.99. The van der Waals surface area contributed by atoms with Gasteiger partial charge in [0.05, 0.1) is 0 Å². The van der Waals surface area contributed by atoms with E-state index in [0.29, 0.717) is 19.2 Å². The molecule has 1 aromatic rings. The van der Waals surface area contributed by atoms with Crippen LogP contribution in [0, 0.1) is 0 Å². The van der Waals surface area contributed by atoms with Crippen molar-refractivity contribution in [3.8, 4) is 0 Å². The molecule has 0 saturated heterocycles. The Morgan fingerprint density at radius 1 is 1.33 bits per heavy atom. The molecule has 0 spiro atoms. The van der Waals surface area contributed by atoms with Crippen LogP contribution in [0.3, 0.4) is 0 Å². The second-order valence-corrected chi connectivity index (χ2v) is 6.19. The predicted octanol–water partition coefficient (Wildman–Crippen LogP) is 2.26. The molecule has 4 nitrogen and oxygen atoms in total. The van der Waals surface area contributed by atoms with Gasteiger partial charge in [-0.15, -0.1) is 0 Å². The summed E-state index contributed by atoms with van der Waals surface area (Å²) >= 11 is 0. The number of ether oxygens (including phenoxy) is 1. The van der Waals surface area contributed by atoms with Gasteiger partial charge < -0.3 is 14.6 Å². The predicted molar refractivity (Wildman–Crippen MR) is 85.8 cm³/mol. The highest BCUT2D eigenvalue weighted by Gasteiger charge is 2.17. The molecule has 1 aromatic heterocycles. The smallest absolute Gasteiger partial charge is 0.255 e. The van der Waals surface area contributed by atoms with Crippen LogP contribution in [0.5, 0.6) is 0 Å². The Morgan fingerprint density at radius 2 is 2.10 bits per heavy atom. The molecular formula is C17H28N2O2. The molecule has 0 atom stereocenters. The van der Waals surface area contributed by atoms with Crippen molar-refractivity contribution in [3.05, 3.63) is 33.2 Å². The van der Waals surface area contributed by atoms with Crippen molar-refractivity contribution in [3.63, 3.8) is 0 Å². The lowest BCUT2D eigenvalue weighted by Crippen LogP contribution is -2.33. The molecule has 0 bridgehead atoms. The first-order valence-electron chi connectivity index (χ1n) is 8.10. The van der Waals surface area contributed by atoms with Gasteiger partial charge in [0.15, 0.2) is 0 Å². The van der Waals surface area contributed by atoms with E-state index in [2.05, 4.69) is 25.2 Å². The summed E-state index contributed by atoms with van der Waals surface area (Å²) in [4.78, 5) is 12.7. The van der Waals surface area contributed by atoms with Crippen LogP contribution in [-0.4, -0.2) is 24.3 Å². The van der Waals surface area contributed by atoms with Crippen molar-refractivity contribution in [1.82, 2.24) is 9.88 Å². The number of nitrogens with zero attached hydrogens (tertiary/aromatic N) is 1. The Hall–Kier alpha value is -1.13. The Bertz CT molecular complexity index is 520. The number of nitrogens with one attached hydrogen (secondary N) is 1. The summed E-state index contributed by atoms with van der Waals surface area (Å²) in [5.74, 6) is 0. The van der Waals surface area contributed by atoms with Crippen molar-refractivity contribution >= 4 is 0 Å². The third-order valence-electron chi connectivity index (χ3n) is 4.11. The van der Waals surface area contributed by atoms with Gasteiger partial charge in [-0.25, -0.2) is 0 Å². The molecule has 0 amide bonds. The molecule has 0 aromatic carbocycles. The van der Waals surface area contributed by atoms with Gasteiger partial charge in [-0.1, -0.05) is 13.8 Å². The van der Waals surface area contributed by atoms with Crippen LogP contribution in [-0.2, 0) is 30.7 Å². The second-order valence-electron chi connectivity index (χ2n) is 6.19. The van der Waals surface area contributed by atoms with Crippen LogP contribution >= 0.6 is 0 Å². The van der Waals surface area contributed by atoms with E-state index in [1.165, 1.54) is 24.1 Å². The number of aromatic nitrogens is 1. The molecule has 0 radical (unpaired) electrons. The van der Waals surface area contributed by atoms with Crippen molar-refractivity contribution in [2.45, 2.75) is 65.1 Å². The summed E-state index contributed by atoms with van der Waals surface area (Å²) in [5, 5.41) is 3.37. The highest BCUT2D eigenvalue weighted by Crippen LogP contribution is 2.21. The summed E-state index contributed by atoms with van der Waals surface area (Å²) in [6.07, 6.45) is 5.47. The van der Waals surface area contributed by atoms with E-state index in [1.807, 2.05) is 4.57 Å². The number of hydrogen-bond donors (Lipinski definition) is 1. The lowest BCUT2D eigenvalue weighted by molar-refractivity contribution is 0.189. The summed E-state index contributed by atoms with van der Waals surface area (Å²) in [6.45, 7) is 6.35. The van der Waals surface area contributed by atoms with E-state index in [-0.39, 0.29) is 5.56 Å². The SMILES string of the molecule is COCCCn1c2c(cc(CNC(C)C)c1=O)CCCC2. The van der Waals surface area contributed by atoms with E-state index < -0.39 is 0 Å². The average Bonchev–Trinajstić information content (AvgIpc) is 2.47. The van der Waals surface area contributed by atoms with Gasteiger partial charge in [0.1, 0.15) is 0 Å². The number of pyridine rings is 1. The summed E-state index contributed by atoms with van der Waals surface area (Å²) in [5.41, 5.74) is 3.72. The Balaban J connectivity index is 2.30. The minimum Gasteiger partial charge on any atom is -0.385 e. The molecule has 4 heteroatoms. The number of hydrogen-bond acceptors (Lipinski definition) is 3. The maximum absolute atomic E-state index is 12.7. The van der Waals surface area contributed by atoms with Crippen molar-refractivity contribution in [2.24, 2.45) is 0 Å². The fourth-order valence-electron chi connectivity index (χ4n) is 2.99. The Morgan fingerprint density at radius 3 is 2.81 bits per heavy atom. The molecule has 21 heavy (non-hydrogen) atoms. The van der Waals surface area contributed by atoms with Crippen LogP contribution in [0.1, 0.15) is 49.9 Å². The summed E-state index contributed by atoms with van der Waals surface area (Å²) in [6, 6.07) is 2.53. The second kappa shape index (κ2) is 7.76. The van der Waals surface area contributed by atoms with E-state index >= 15 is 0 Å². The van der Waals surface area contributed by atoms with E-state index in [0.717, 1.165) is 31.4 Å². The topological polar surface area (TPSA) is 43.3 Å². The first-order valence-corrected chi connectivity index (χ1v) is 8.10. The van der Waals surface area contributed by atoms with Gasteiger partial charge in [-0.2, -0.15) is 0 Å². The minimum absolute atomic E-state index is 0.180. The van der Waals surface area contributed by atoms with Gasteiger partial charge in [0, 0.05) is 44.1 Å². The van der Waals surface area contributed by atoms with Crippen LogP contribution in [0.25, 0.3) is 0 Å². The third kappa shape index (κ3) is 4.17. The molecule has 1 aliphatic rings. The van der Waals surface area contributed by atoms with E-state index in [9.17, 15) is 4.79 Å². The quantitative estimate of drug-likeness (QED) is 0.784. The van der Waals surface area contributed by atoms with Crippen molar-refractivity contribution in [2.75, 3.05) is 13.7 Å². The Labute approximate surface area is 127 Å². The number of methoxy groups -OCH3 is 1. The summed E-state index contributed by atoms with van der Waals surface area (Å²) < 4.78 is 7.13. The monoisotopic (exact) mass is 292 g/mol. The Kier molecular flexibility index (Phi) is 6.00. The van der Waals surface area contributed by atoms with Crippen LogP contribution in [0.2, 0.25) is 0 Å². The van der Waals surface area contributed by atoms with E-state index in [4.69, 9.17) is 4.74 Å². The highest BCUT2D eigenvalue weighted by atomic mass is 16.5. The molecular weight excluding hydrogens is 264 g/mol. The van der Waals surface area contributed by atoms with Gasteiger partial charge in [-0.05, 0) is 43.7 Å². The normalized spacial score (nSPS) is 14.5. The molecule has 0 aliphatic heterocycles. The van der Waals surface area contributed by atoms with Crippen molar-refractivity contribution < 1.29 is 4.74 Å². The van der Waals surface area contributed by atoms with Gasteiger partial charge >= 0.3 is 0 Å². The molecule has 1 aliphatic carbocycles. The number of rotatable bonds is 7. The van der Waals surface area contributed by atoms with Gasteiger partial charge in [-0.3, -0.25) is 4.79 Å². The zero-order valence-corrected chi connectivity index (χ0v) is 13.6. The highest BCUT2D eigenvalue weighted by molar-refractivity contribution is 5.29. The maximum atomic E-state index is 12.7. The first kappa shape index (κ1) is 16.2. The lowest BCUT2D eigenvalue weighted by atomic mass is 9.94. The molecule has 1 N–H and O–H groups in total. The van der Waals surface area contributed by atoms with Crippen LogP contribution < -0.4 is 10.9 Å². The molecule has 1 heterocycles. The summed E-state index contributed by atoms with van der Waals surface area (Å²) in [7, 11) is 1.71. The molecule has 118 valence electrons. The third-order valence-corrected chi connectivity index (χ3v) is 4.11. The molecule has 0 unspecified atom stereocenters. The maximum Gasteiger partial charge on any atom is 0.255 e. The number of aryl methyl sites for hydroxylation is 1. The number of fused-ring (bicyclic) bond motifs is 1. The lowest BCUT2D eigenvalue weighted by Gasteiger charge is -2.23.